The molecule has 0 fully saturated rings. The molecule has 0 aliphatic heterocycles. The average Bonchev–Trinajstić information content (AvgIpc) is 2.59. The maximum Gasteiger partial charge on any atom is 0.314 e. The lowest BCUT2D eigenvalue weighted by Crippen LogP contribution is -1.94. The Kier molecular flexibility index (Phi) is 7.62. The number of rotatable bonds is 6. The topological polar surface area (TPSA) is 145 Å². The van der Waals surface area contributed by atoms with E-state index >= 15 is 0 Å². The van der Waals surface area contributed by atoms with Crippen LogP contribution >= 0.6 is 0 Å². The van der Waals surface area contributed by atoms with Crippen molar-refractivity contribution in [2.45, 2.75) is 13.8 Å². The number of hydrogen-bond donors (Lipinski definition) is 2. The van der Waals surface area contributed by atoms with Crippen LogP contribution in [0.3, 0.4) is 0 Å². The van der Waals surface area contributed by atoms with E-state index in [1.807, 2.05) is 0 Å². The van der Waals surface area contributed by atoms with Gasteiger partial charge < -0.3 is 19.7 Å². The van der Waals surface area contributed by atoms with E-state index in [-0.39, 0.29) is 28.6 Å². The van der Waals surface area contributed by atoms with Crippen molar-refractivity contribution in [1.82, 2.24) is 0 Å². The number of benzene rings is 2. The second-order valence-electron chi connectivity index (χ2n) is 4.66. The Hall–Kier alpha value is -3.56. The molecule has 0 aromatic heterocycles. The quantitative estimate of drug-likeness (QED) is 0.584. The van der Waals surface area contributed by atoms with Crippen LogP contribution in [0.1, 0.15) is 13.8 Å². The molecule has 0 spiro atoms. The molecule has 0 saturated carbocycles. The number of non-ortho nitro benzene ring substituents is 1. The fraction of sp³-hybridized carbons (Fsp3) is 0.250. The second kappa shape index (κ2) is 9.67. The van der Waals surface area contributed by atoms with Crippen molar-refractivity contribution >= 4 is 11.4 Å². The van der Waals surface area contributed by atoms with E-state index in [2.05, 4.69) is 0 Å². The van der Waals surface area contributed by atoms with Crippen LogP contribution in [0, 0.1) is 20.2 Å². The lowest BCUT2D eigenvalue weighted by Gasteiger charge is -2.04. The van der Waals surface area contributed by atoms with Gasteiger partial charge in [0.25, 0.3) is 5.69 Å². The maximum atomic E-state index is 10.4. The highest BCUT2D eigenvalue weighted by molar-refractivity contribution is 5.54. The summed E-state index contributed by atoms with van der Waals surface area (Å²) in [7, 11) is 0. The Morgan fingerprint density at radius 3 is 2.08 bits per heavy atom. The SMILES string of the molecule is CCOc1cc([N+](=O)[O-])ccc1O.CCOc1cccc([N+](=O)[O-])c1O. The minimum Gasteiger partial charge on any atom is -0.504 e. The van der Waals surface area contributed by atoms with Gasteiger partial charge >= 0.3 is 5.69 Å². The van der Waals surface area contributed by atoms with Crippen molar-refractivity contribution in [2.24, 2.45) is 0 Å². The van der Waals surface area contributed by atoms with E-state index in [1.165, 1.54) is 36.4 Å². The van der Waals surface area contributed by atoms with Crippen molar-refractivity contribution in [3.63, 3.8) is 0 Å². The Morgan fingerprint density at radius 1 is 0.923 bits per heavy atom. The number of nitrogens with zero attached hydrogens (tertiary/aromatic N) is 2. The van der Waals surface area contributed by atoms with Crippen LogP contribution < -0.4 is 9.47 Å². The Labute approximate surface area is 148 Å². The van der Waals surface area contributed by atoms with Gasteiger partial charge in [0.2, 0.25) is 5.75 Å². The summed E-state index contributed by atoms with van der Waals surface area (Å²) in [4.78, 5) is 19.5. The number of hydrogen-bond acceptors (Lipinski definition) is 8. The third kappa shape index (κ3) is 5.51. The zero-order valence-corrected chi connectivity index (χ0v) is 14.1. The summed E-state index contributed by atoms with van der Waals surface area (Å²) in [5, 5.41) is 39.2. The van der Waals surface area contributed by atoms with Crippen LogP contribution in [0.15, 0.2) is 36.4 Å². The molecule has 2 N–H and O–H groups in total. The first-order valence-electron chi connectivity index (χ1n) is 7.51. The van der Waals surface area contributed by atoms with Gasteiger partial charge in [-0.15, -0.1) is 0 Å². The third-order valence-electron chi connectivity index (χ3n) is 2.93. The summed E-state index contributed by atoms with van der Waals surface area (Å²) in [6.45, 7) is 4.18. The van der Waals surface area contributed by atoms with E-state index in [4.69, 9.17) is 9.47 Å². The molecule has 2 aromatic carbocycles. The fourth-order valence-corrected chi connectivity index (χ4v) is 1.82. The molecule has 0 heterocycles. The summed E-state index contributed by atoms with van der Waals surface area (Å²) in [5.41, 5.74) is -0.438. The number of nitro groups is 2. The summed E-state index contributed by atoms with van der Waals surface area (Å²) in [6.07, 6.45) is 0. The lowest BCUT2D eigenvalue weighted by atomic mass is 10.3. The molecule has 0 amide bonds. The van der Waals surface area contributed by atoms with E-state index in [9.17, 15) is 30.4 Å². The molecule has 0 unspecified atom stereocenters. The molecule has 10 heteroatoms. The first-order valence-corrected chi connectivity index (χ1v) is 7.51. The molecular formula is C16H18N2O8. The molecule has 0 radical (unpaired) electrons. The number of phenols is 2. The lowest BCUT2D eigenvalue weighted by molar-refractivity contribution is -0.386. The Bertz CT molecular complexity index is 775. The molecule has 0 saturated heterocycles. The molecule has 0 aliphatic rings. The van der Waals surface area contributed by atoms with Crippen molar-refractivity contribution < 1.29 is 29.5 Å². The molecule has 140 valence electrons. The van der Waals surface area contributed by atoms with Crippen molar-refractivity contribution in [3.05, 3.63) is 56.6 Å². The molecule has 2 rings (SSSR count). The van der Waals surface area contributed by atoms with Gasteiger partial charge in [0.1, 0.15) is 0 Å². The van der Waals surface area contributed by atoms with Crippen molar-refractivity contribution in [2.75, 3.05) is 13.2 Å². The molecule has 10 nitrogen and oxygen atoms in total. The monoisotopic (exact) mass is 366 g/mol. The van der Waals surface area contributed by atoms with E-state index in [0.29, 0.717) is 13.2 Å². The van der Waals surface area contributed by atoms with E-state index < -0.39 is 15.6 Å². The number of aromatic hydroxyl groups is 2. The summed E-state index contributed by atoms with van der Waals surface area (Å²) in [5.74, 6) is -0.241. The normalized spacial score (nSPS) is 9.62. The predicted molar refractivity (Wildman–Crippen MR) is 91.9 cm³/mol. The zero-order chi connectivity index (χ0) is 19.7. The van der Waals surface area contributed by atoms with Crippen LogP contribution in [0.4, 0.5) is 11.4 Å². The molecule has 26 heavy (non-hydrogen) atoms. The Balaban J connectivity index is 0.000000260. The largest absolute Gasteiger partial charge is 0.504 e. The molecular weight excluding hydrogens is 348 g/mol. The first kappa shape index (κ1) is 20.5. The second-order valence-corrected chi connectivity index (χ2v) is 4.66. The summed E-state index contributed by atoms with van der Waals surface area (Å²) in [6, 6.07) is 7.81. The molecule has 0 bridgehead atoms. The van der Waals surface area contributed by atoms with Gasteiger partial charge in [0.15, 0.2) is 17.2 Å². The molecule has 2 aromatic rings. The van der Waals surface area contributed by atoms with Crippen LogP contribution in [0.2, 0.25) is 0 Å². The molecule has 0 aliphatic carbocycles. The van der Waals surface area contributed by atoms with Gasteiger partial charge in [-0.3, -0.25) is 20.2 Å². The standard InChI is InChI=1S/2C8H9NO4/c1-2-13-8-5-6(9(11)12)3-4-7(8)10;1-2-13-7-5-3-4-6(8(7)10)9(11)12/h2*3-5,10H,2H2,1H3. The molecule has 0 atom stereocenters. The van der Waals surface area contributed by atoms with Crippen LogP contribution in [-0.4, -0.2) is 33.3 Å². The maximum absolute atomic E-state index is 10.4. The van der Waals surface area contributed by atoms with Gasteiger partial charge in [-0.05, 0) is 26.0 Å². The average molecular weight is 366 g/mol. The van der Waals surface area contributed by atoms with Crippen LogP contribution in [0.5, 0.6) is 23.0 Å². The summed E-state index contributed by atoms with van der Waals surface area (Å²) < 4.78 is 9.95. The van der Waals surface area contributed by atoms with Crippen molar-refractivity contribution in [3.8, 4) is 23.0 Å². The van der Waals surface area contributed by atoms with Gasteiger partial charge in [0.05, 0.1) is 29.1 Å². The predicted octanol–water partition coefficient (Wildman–Crippen LogP) is 3.40. The van der Waals surface area contributed by atoms with Crippen LogP contribution in [-0.2, 0) is 0 Å². The number of phenolic OH excluding ortho intramolecular Hbond substituents is 2. The highest BCUT2D eigenvalue weighted by Crippen LogP contribution is 2.35. The highest BCUT2D eigenvalue weighted by atomic mass is 16.6. The van der Waals surface area contributed by atoms with Gasteiger partial charge in [0, 0.05) is 12.1 Å². The highest BCUT2D eigenvalue weighted by Gasteiger charge is 2.16. The number of nitro benzene ring substituents is 2. The Morgan fingerprint density at radius 2 is 1.54 bits per heavy atom. The summed E-state index contributed by atoms with van der Waals surface area (Å²) >= 11 is 0. The zero-order valence-electron chi connectivity index (χ0n) is 14.1. The van der Waals surface area contributed by atoms with Gasteiger partial charge in [-0.2, -0.15) is 0 Å². The van der Waals surface area contributed by atoms with E-state index in [1.54, 1.807) is 13.8 Å². The third-order valence-corrected chi connectivity index (χ3v) is 2.93. The number of para-hydroxylation sites is 1. The number of ether oxygens (including phenoxy) is 2. The van der Waals surface area contributed by atoms with Gasteiger partial charge in [-0.25, -0.2) is 0 Å². The van der Waals surface area contributed by atoms with E-state index in [0.717, 1.165) is 0 Å². The van der Waals surface area contributed by atoms with Gasteiger partial charge in [-0.1, -0.05) is 6.07 Å². The first-order chi connectivity index (χ1) is 12.3. The minimum absolute atomic E-state index is 0.0903. The van der Waals surface area contributed by atoms with Crippen molar-refractivity contribution in [1.29, 1.82) is 0 Å². The fourth-order valence-electron chi connectivity index (χ4n) is 1.82. The van der Waals surface area contributed by atoms with Crippen LogP contribution in [0.25, 0.3) is 0 Å². The smallest absolute Gasteiger partial charge is 0.314 e. The minimum atomic E-state index is -0.655.